The molecule has 1 aromatic heterocycles. The van der Waals surface area contributed by atoms with Gasteiger partial charge in [-0.1, -0.05) is 18.2 Å². The smallest absolute Gasteiger partial charge is 0.102 e. The summed E-state index contributed by atoms with van der Waals surface area (Å²) < 4.78 is 0. The van der Waals surface area contributed by atoms with Crippen LogP contribution in [0.2, 0.25) is 0 Å². The monoisotopic (exact) mass is 237 g/mol. The quantitative estimate of drug-likeness (QED) is 0.891. The van der Waals surface area contributed by atoms with Crippen LogP contribution in [0.15, 0.2) is 36.7 Å². The first-order valence-corrected chi connectivity index (χ1v) is 5.85. The van der Waals surface area contributed by atoms with Crippen molar-refractivity contribution in [2.24, 2.45) is 0 Å². The molecule has 0 radical (unpaired) electrons. The number of pyridine rings is 1. The Hall–Kier alpha value is -2.34. The molecule has 1 aromatic carbocycles. The van der Waals surface area contributed by atoms with Crippen molar-refractivity contribution in [3.05, 3.63) is 58.9 Å². The minimum absolute atomic E-state index is 0.673. The molecule has 0 amide bonds. The van der Waals surface area contributed by atoms with Gasteiger partial charge in [-0.2, -0.15) is 5.26 Å². The average molecular weight is 237 g/mol. The van der Waals surface area contributed by atoms with Gasteiger partial charge in [0.25, 0.3) is 0 Å². The largest absolute Gasteiger partial charge is 0.380 e. The second-order valence-electron chi connectivity index (χ2n) is 4.33. The molecule has 90 valence electrons. The first-order valence-electron chi connectivity index (χ1n) is 5.85. The Morgan fingerprint density at radius 1 is 1.28 bits per heavy atom. The van der Waals surface area contributed by atoms with Gasteiger partial charge in [-0.05, 0) is 36.6 Å². The van der Waals surface area contributed by atoms with E-state index in [0.29, 0.717) is 12.1 Å². The van der Waals surface area contributed by atoms with Crippen LogP contribution in [-0.2, 0) is 6.54 Å². The minimum atomic E-state index is 0.673. The standard InChI is InChI=1S/C15H15N3/c1-11-6-13(9-17-8-11)10-18-15-5-3-4-12(2)14(15)7-16/h3-6,8-9,18H,10H2,1-2H3. The molecule has 0 aliphatic heterocycles. The normalized spacial score (nSPS) is 9.83. The molecule has 0 saturated heterocycles. The molecule has 0 aliphatic rings. The van der Waals surface area contributed by atoms with E-state index in [1.54, 1.807) is 0 Å². The second-order valence-corrected chi connectivity index (χ2v) is 4.33. The van der Waals surface area contributed by atoms with Gasteiger partial charge in [-0.3, -0.25) is 4.98 Å². The van der Waals surface area contributed by atoms with Gasteiger partial charge in [0.2, 0.25) is 0 Å². The third-order valence-corrected chi connectivity index (χ3v) is 2.80. The van der Waals surface area contributed by atoms with Crippen molar-refractivity contribution in [1.29, 1.82) is 5.26 Å². The van der Waals surface area contributed by atoms with E-state index in [-0.39, 0.29) is 0 Å². The van der Waals surface area contributed by atoms with E-state index in [0.717, 1.165) is 22.4 Å². The number of hydrogen-bond acceptors (Lipinski definition) is 3. The van der Waals surface area contributed by atoms with Gasteiger partial charge in [-0.25, -0.2) is 0 Å². The summed E-state index contributed by atoms with van der Waals surface area (Å²) >= 11 is 0. The highest BCUT2D eigenvalue weighted by Gasteiger charge is 2.04. The van der Waals surface area contributed by atoms with Gasteiger partial charge in [0.05, 0.1) is 11.3 Å². The molecular formula is C15H15N3. The summed E-state index contributed by atoms with van der Waals surface area (Å²) in [6.07, 6.45) is 3.67. The van der Waals surface area contributed by atoms with E-state index in [1.807, 2.05) is 44.4 Å². The zero-order valence-corrected chi connectivity index (χ0v) is 10.6. The molecule has 0 spiro atoms. The van der Waals surface area contributed by atoms with E-state index < -0.39 is 0 Å². The van der Waals surface area contributed by atoms with Crippen LogP contribution < -0.4 is 5.32 Å². The highest BCUT2D eigenvalue weighted by Crippen LogP contribution is 2.19. The van der Waals surface area contributed by atoms with Crippen LogP contribution in [0.25, 0.3) is 0 Å². The molecule has 0 atom stereocenters. The lowest BCUT2D eigenvalue weighted by molar-refractivity contribution is 1.09. The topological polar surface area (TPSA) is 48.7 Å². The Labute approximate surface area is 107 Å². The number of aryl methyl sites for hydroxylation is 2. The van der Waals surface area contributed by atoms with Crippen molar-refractivity contribution in [2.45, 2.75) is 20.4 Å². The van der Waals surface area contributed by atoms with Gasteiger partial charge in [0.15, 0.2) is 0 Å². The van der Waals surface area contributed by atoms with Crippen molar-refractivity contribution in [3.63, 3.8) is 0 Å². The van der Waals surface area contributed by atoms with Crippen LogP contribution in [0.3, 0.4) is 0 Å². The van der Waals surface area contributed by atoms with Crippen molar-refractivity contribution in [2.75, 3.05) is 5.32 Å². The van der Waals surface area contributed by atoms with Crippen LogP contribution >= 0.6 is 0 Å². The Morgan fingerprint density at radius 3 is 2.83 bits per heavy atom. The zero-order chi connectivity index (χ0) is 13.0. The lowest BCUT2D eigenvalue weighted by atomic mass is 10.1. The maximum absolute atomic E-state index is 9.14. The molecule has 3 nitrogen and oxygen atoms in total. The molecule has 2 rings (SSSR count). The lowest BCUT2D eigenvalue weighted by Gasteiger charge is -2.10. The van der Waals surface area contributed by atoms with Gasteiger partial charge in [0.1, 0.15) is 6.07 Å². The van der Waals surface area contributed by atoms with Crippen molar-refractivity contribution in [1.82, 2.24) is 4.98 Å². The van der Waals surface area contributed by atoms with Crippen LogP contribution in [0, 0.1) is 25.2 Å². The van der Waals surface area contributed by atoms with Gasteiger partial charge in [-0.15, -0.1) is 0 Å². The van der Waals surface area contributed by atoms with Crippen LogP contribution in [0.5, 0.6) is 0 Å². The number of aromatic nitrogens is 1. The van der Waals surface area contributed by atoms with Crippen LogP contribution in [0.1, 0.15) is 22.3 Å². The average Bonchev–Trinajstić information content (AvgIpc) is 2.36. The number of nitrogens with zero attached hydrogens (tertiary/aromatic N) is 2. The molecule has 0 aliphatic carbocycles. The number of anilines is 1. The molecule has 0 unspecified atom stereocenters. The molecule has 1 heterocycles. The van der Waals surface area contributed by atoms with Crippen molar-refractivity contribution < 1.29 is 0 Å². The Morgan fingerprint density at radius 2 is 2.11 bits per heavy atom. The van der Waals surface area contributed by atoms with E-state index in [9.17, 15) is 0 Å². The SMILES string of the molecule is Cc1cncc(CNc2cccc(C)c2C#N)c1. The molecule has 3 heteroatoms. The molecule has 0 saturated carbocycles. The first kappa shape index (κ1) is 12.1. The number of nitrogens with one attached hydrogen (secondary N) is 1. The molecule has 1 N–H and O–H groups in total. The first-order chi connectivity index (χ1) is 8.70. The fourth-order valence-electron chi connectivity index (χ4n) is 1.87. The summed E-state index contributed by atoms with van der Waals surface area (Å²) in [4.78, 5) is 4.15. The number of benzene rings is 1. The lowest BCUT2D eigenvalue weighted by Crippen LogP contribution is -2.02. The maximum atomic E-state index is 9.14. The molecule has 0 fully saturated rings. The second kappa shape index (κ2) is 5.33. The molecule has 0 bridgehead atoms. The highest BCUT2D eigenvalue weighted by molar-refractivity contribution is 5.60. The summed E-state index contributed by atoms with van der Waals surface area (Å²) in [5.74, 6) is 0. The van der Waals surface area contributed by atoms with Gasteiger partial charge >= 0.3 is 0 Å². The van der Waals surface area contributed by atoms with Crippen molar-refractivity contribution in [3.8, 4) is 6.07 Å². The van der Waals surface area contributed by atoms with E-state index >= 15 is 0 Å². The summed E-state index contributed by atoms with van der Waals surface area (Å²) in [6.45, 7) is 4.63. The third kappa shape index (κ3) is 2.67. The Kier molecular flexibility index (Phi) is 3.59. The molecule has 2 aromatic rings. The fraction of sp³-hybridized carbons (Fsp3) is 0.200. The number of nitriles is 1. The van der Waals surface area contributed by atoms with E-state index in [4.69, 9.17) is 5.26 Å². The minimum Gasteiger partial charge on any atom is -0.380 e. The Balaban J connectivity index is 2.16. The molecular weight excluding hydrogens is 222 g/mol. The highest BCUT2D eigenvalue weighted by atomic mass is 14.9. The van der Waals surface area contributed by atoms with Crippen LogP contribution in [-0.4, -0.2) is 4.98 Å². The summed E-state index contributed by atoms with van der Waals surface area (Å²) in [6, 6.07) is 10.1. The number of rotatable bonds is 3. The van der Waals surface area contributed by atoms with Gasteiger partial charge < -0.3 is 5.32 Å². The van der Waals surface area contributed by atoms with E-state index in [1.165, 1.54) is 0 Å². The third-order valence-electron chi connectivity index (χ3n) is 2.80. The summed E-state index contributed by atoms with van der Waals surface area (Å²) in [5.41, 5.74) is 4.82. The number of hydrogen-bond donors (Lipinski definition) is 1. The summed E-state index contributed by atoms with van der Waals surface area (Å²) in [5, 5.41) is 12.4. The maximum Gasteiger partial charge on any atom is 0.102 e. The van der Waals surface area contributed by atoms with E-state index in [2.05, 4.69) is 22.4 Å². The molecule has 18 heavy (non-hydrogen) atoms. The Bertz CT molecular complexity index is 597. The predicted molar refractivity (Wildman–Crippen MR) is 72.2 cm³/mol. The van der Waals surface area contributed by atoms with Crippen LogP contribution in [0.4, 0.5) is 5.69 Å². The van der Waals surface area contributed by atoms with Crippen molar-refractivity contribution >= 4 is 5.69 Å². The zero-order valence-electron chi connectivity index (χ0n) is 10.6. The fourth-order valence-corrected chi connectivity index (χ4v) is 1.87. The van der Waals surface area contributed by atoms with Gasteiger partial charge in [0, 0.05) is 18.9 Å². The predicted octanol–water partition coefficient (Wildman–Crippen LogP) is 3.18. The summed E-state index contributed by atoms with van der Waals surface area (Å²) in [7, 11) is 0.